The number of hydrogen-bond donors (Lipinski definition) is 2. The molecule has 148 valence electrons. The van der Waals surface area contributed by atoms with Crippen molar-refractivity contribution < 1.29 is 9.84 Å². The molecule has 0 bridgehead atoms. The molecule has 28 heavy (non-hydrogen) atoms. The van der Waals surface area contributed by atoms with Gasteiger partial charge in [-0.15, -0.1) is 0 Å². The van der Waals surface area contributed by atoms with Crippen LogP contribution in [-0.2, 0) is 5.75 Å². The van der Waals surface area contributed by atoms with Crippen molar-refractivity contribution in [1.29, 1.82) is 0 Å². The highest BCUT2D eigenvalue weighted by Gasteiger charge is 2.41. The van der Waals surface area contributed by atoms with Crippen molar-refractivity contribution >= 4 is 17.4 Å². The summed E-state index contributed by atoms with van der Waals surface area (Å²) in [6, 6.07) is 11.5. The van der Waals surface area contributed by atoms with E-state index in [1.165, 1.54) is 34.6 Å². The number of piperidine rings is 1. The van der Waals surface area contributed by atoms with Crippen LogP contribution in [0, 0.1) is 0 Å². The summed E-state index contributed by atoms with van der Waals surface area (Å²) in [5.41, 5.74) is 7.72. The van der Waals surface area contributed by atoms with Crippen LogP contribution in [0.15, 0.2) is 30.3 Å². The first-order chi connectivity index (χ1) is 13.7. The van der Waals surface area contributed by atoms with E-state index in [2.05, 4.69) is 28.4 Å². The lowest BCUT2D eigenvalue weighted by molar-refractivity contribution is 0.199. The van der Waals surface area contributed by atoms with E-state index in [0.29, 0.717) is 12.0 Å². The number of thioether (sulfide) groups is 1. The SMILES string of the molecule is COc1ccc(-c2cc3c4c(c2)[C@@H]2CNCC[C@@H]2N4CCSC3)c(C(C)O)c1. The minimum atomic E-state index is -0.535. The Morgan fingerprint density at radius 2 is 2.18 bits per heavy atom. The zero-order chi connectivity index (χ0) is 19.3. The topological polar surface area (TPSA) is 44.7 Å². The first kappa shape index (κ1) is 18.3. The van der Waals surface area contributed by atoms with Crippen molar-refractivity contribution in [2.45, 2.75) is 37.2 Å². The van der Waals surface area contributed by atoms with Gasteiger partial charge in [0, 0.05) is 42.2 Å². The number of anilines is 1. The highest BCUT2D eigenvalue weighted by molar-refractivity contribution is 7.98. The third-order valence-corrected chi connectivity index (χ3v) is 7.49. The quantitative estimate of drug-likeness (QED) is 0.823. The molecular formula is C23H28N2O2S. The summed E-state index contributed by atoms with van der Waals surface area (Å²) in [6.45, 7) is 5.17. The maximum Gasteiger partial charge on any atom is 0.119 e. The Bertz CT molecular complexity index is 898. The van der Waals surface area contributed by atoms with Gasteiger partial charge in [-0.3, -0.25) is 0 Å². The largest absolute Gasteiger partial charge is 0.497 e. The molecule has 1 unspecified atom stereocenters. The van der Waals surface area contributed by atoms with Gasteiger partial charge < -0.3 is 20.1 Å². The molecule has 2 aromatic rings. The van der Waals surface area contributed by atoms with Gasteiger partial charge in [-0.1, -0.05) is 6.07 Å². The number of benzene rings is 2. The number of ether oxygens (including phenoxy) is 1. The molecule has 1 fully saturated rings. The number of nitrogens with zero attached hydrogens (tertiary/aromatic N) is 1. The summed E-state index contributed by atoms with van der Waals surface area (Å²) < 4.78 is 5.40. The Hall–Kier alpha value is -1.69. The molecule has 1 saturated heterocycles. The maximum absolute atomic E-state index is 10.4. The zero-order valence-corrected chi connectivity index (χ0v) is 17.4. The summed E-state index contributed by atoms with van der Waals surface area (Å²) in [5.74, 6) is 3.62. The number of aliphatic hydroxyl groups is 1. The monoisotopic (exact) mass is 396 g/mol. The average molecular weight is 397 g/mol. The fourth-order valence-electron chi connectivity index (χ4n) is 5.22. The van der Waals surface area contributed by atoms with Gasteiger partial charge in [-0.05, 0) is 72.0 Å². The molecule has 0 aliphatic carbocycles. The van der Waals surface area contributed by atoms with Crippen molar-refractivity contribution in [1.82, 2.24) is 5.32 Å². The molecule has 5 heteroatoms. The summed E-state index contributed by atoms with van der Waals surface area (Å²) in [5, 5.41) is 14.0. The Morgan fingerprint density at radius 1 is 1.29 bits per heavy atom. The number of rotatable bonds is 3. The van der Waals surface area contributed by atoms with Crippen LogP contribution < -0.4 is 15.0 Å². The molecule has 3 aliphatic heterocycles. The van der Waals surface area contributed by atoms with Gasteiger partial charge in [0.05, 0.1) is 13.2 Å². The van der Waals surface area contributed by atoms with E-state index in [1.807, 2.05) is 30.8 Å². The highest BCUT2D eigenvalue weighted by Crippen LogP contribution is 2.49. The molecule has 0 amide bonds. The third-order valence-electron chi connectivity index (χ3n) is 6.50. The maximum atomic E-state index is 10.4. The van der Waals surface area contributed by atoms with Gasteiger partial charge >= 0.3 is 0 Å². The molecule has 0 spiro atoms. The second-order valence-corrected chi connectivity index (χ2v) is 9.22. The predicted octanol–water partition coefficient (Wildman–Crippen LogP) is 3.93. The van der Waals surface area contributed by atoms with E-state index < -0.39 is 6.10 Å². The third kappa shape index (κ3) is 2.92. The lowest BCUT2D eigenvalue weighted by Crippen LogP contribution is -2.44. The normalized spacial score (nSPS) is 24.3. The van der Waals surface area contributed by atoms with Crippen molar-refractivity contribution in [3.8, 4) is 16.9 Å². The molecule has 2 N–H and O–H groups in total. The number of methoxy groups -OCH3 is 1. The van der Waals surface area contributed by atoms with Gasteiger partial charge in [0.15, 0.2) is 0 Å². The van der Waals surface area contributed by atoms with Crippen LogP contribution in [0.5, 0.6) is 5.75 Å². The molecule has 2 aromatic carbocycles. The van der Waals surface area contributed by atoms with E-state index in [9.17, 15) is 5.11 Å². The van der Waals surface area contributed by atoms with Crippen LogP contribution in [0.4, 0.5) is 5.69 Å². The van der Waals surface area contributed by atoms with Gasteiger partial charge in [0.25, 0.3) is 0 Å². The highest BCUT2D eigenvalue weighted by atomic mass is 32.2. The first-order valence-electron chi connectivity index (χ1n) is 10.3. The van der Waals surface area contributed by atoms with Crippen LogP contribution in [-0.4, -0.2) is 43.6 Å². The molecule has 0 saturated carbocycles. The minimum Gasteiger partial charge on any atom is -0.497 e. The zero-order valence-electron chi connectivity index (χ0n) is 16.6. The van der Waals surface area contributed by atoms with Gasteiger partial charge in [0.1, 0.15) is 5.75 Å². The fourth-order valence-corrected chi connectivity index (χ4v) is 6.13. The van der Waals surface area contributed by atoms with Crippen molar-refractivity contribution in [3.63, 3.8) is 0 Å². The second-order valence-electron chi connectivity index (χ2n) is 8.11. The van der Waals surface area contributed by atoms with Crippen molar-refractivity contribution in [3.05, 3.63) is 47.0 Å². The molecule has 3 heterocycles. The van der Waals surface area contributed by atoms with Gasteiger partial charge in [-0.2, -0.15) is 11.8 Å². The Labute approximate surface area is 171 Å². The summed E-state index contributed by atoms with van der Waals surface area (Å²) in [6.07, 6.45) is 0.688. The van der Waals surface area contributed by atoms with E-state index >= 15 is 0 Å². The standard InChI is InChI=1S/C23H28N2O2S/c1-14(26)19-11-17(27-2)3-4-18(19)15-9-16-13-28-8-7-25-22-5-6-24-12-21(22)20(10-15)23(16)25/h3-4,9-11,14,21-22,24,26H,5-8,12-13H2,1-2H3/t14?,21-,22-/m0/s1. The summed E-state index contributed by atoms with van der Waals surface area (Å²) >= 11 is 2.04. The molecule has 3 atom stereocenters. The fraction of sp³-hybridized carbons (Fsp3) is 0.478. The van der Waals surface area contributed by atoms with Crippen LogP contribution >= 0.6 is 11.8 Å². The van der Waals surface area contributed by atoms with Crippen LogP contribution in [0.25, 0.3) is 11.1 Å². The minimum absolute atomic E-state index is 0.535. The Kier molecular flexibility index (Phi) is 4.77. The molecule has 3 aliphatic rings. The van der Waals surface area contributed by atoms with Crippen molar-refractivity contribution in [2.75, 3.05) is 37.4 Å². The summed E-state index contributed by atoms with van der Waals surface area (Å²) in [7, 11) is 1.67. The smallest absolute Gasteiger partial charge is 0.119 e. The number of aliphatic hydroxyl groups excluding tert-OH is 1. The molecule has 5 rings (SSSR count). The molecule has 0 radical (unpaired) electrons. The van der Waals surface area contributed by atoms with E-state index in [4.69, 9.17) is 4.74 Å². The lowest BCUT2D eigenvalue weighted by atomic mass is 9.87. The second kappa shape index (κ2) is 7.29. The van der Waals surface area contributed by atoms with Gasteiger partial charge in [-0.25, -0.2) is 0 Å². The van der Waals surface area contributed by atoms with Crippen molar-refractivity contribution in [2.24, 2.45) is 0 Å². The lowest BCUT2D eigenvalue weighted by Gasteiger charge is -2.33. The van der Waals surface area contributed by atoms with E-state index in [-0.39, 0.29) is 0 Å². The van der Waals surface area contributed by atoms with Crippen LogP contribution in [0.1, 0.15) is 42.1 Å². The Morgan fingerprint density at radius 3 is 3.00 bits per heavy atom. The van der Waals surface area contributed by atoms with Gasteiger partial charge in [0.2, 0.25) is 0 Å². The average Bonchev–Trinajstić information content (AvgIpc) is 2.88. The van der Waals surface area contributed by atoms with Crippen LogP contribution in [0.3, 0.4) is 0 Å². The molecule has 0 aromatic heterocycles. The molecule has 4 nitrogen and oxygen atoms in total. The molecular weight excluding hydrogens is 368 g/mol. The van der Waals surface area contributed by atoms with E-state index in [0.717, 1.165) is 42.3 Å². The predicted molar refractivity (Wildman–Crippen MR) is 117 cm³/mol. The Balaban J connectivity index is 1.67. The van der Waals surface area contributed by atoms with E-state index in [1.54, 1.807) is 7.11 Å². The number of hydrogen-bond acceptors (Lipinski definition) is 5. The summed E-state index contributed by atoms with van der Waals surface area (Å²) in [4.78, 5) is 2.70. The number of fused-ring (bicyclic) bond motifs is 3. The first-order valence-corrected chi connectivity index (χ1v) is 11.4. The number of nitrogens with one attached hydrogen (secondary N) is 1. The van der Waals surface area contributed by atoms with Crippen LogP contribution in [0.2, 0.25) is 0 Å².